The molecule has 0 spiro atoms. The van der Waals surface area contributed by atoms with Crippen LogP contribution in [-0.2, 0) is 6.54 Å². The molecule has 0 amide bonds. The second-order valence-electron chi connectivity index (χ2n) is 5.58. The fourth-order valence-corrected chi connectivity index (χ4v) is 3.49. The topological polar surface area (TPSA) is 47.1 Å². The summed E-state index contributed by atoms with van der Waals surface area (Å²) in [6.45, 7) is 5.70. The van der Waals surface area contributed by atoms with Gasteiger partial charge in [-0.1, -0.05) is 13.3 Å². The predicted octanol–water partition coefficient (Wildman–Crippen LogP) is 2.22. The molecule has 1 fully saturated rings. The number of fused-ring (bicyclic) bond motifs is 1. The van der Waals surface area contributed by atoms with Crippen LogP contribution >= 0.6 is 0 Å². The van der Waals surface area contributed by atoms with E-state index in [1.807, 2.05) is 6.20 Å². The number of imidazole rings is 1. The fraction of sp³-hybridized carbons (Fsp3) is 0.786. The molecule has 0 radical (unpaired) electrons. The molecule has 3 rings (SSSR count). The minimum Gasteiger partial charge on any atom is -0.329 e. The summed E-state index contributed by atoms with van der Waals surface area (Å²) in [7, 11) is 0. The highest BCUT2D eigenvalue weighted by molar-refractivity contribution is 5.15. The van der Waals surface area contributed by atoms with Crippen molar-refractivity contribution in [2.75, 3.05) is 13.1 Å². The van der Waals surface area contributed by atoms with Gasteiger partial charge in [-0.25, -0.2) is 4.98 Å². The summed E-state index contributed by atoms with van der Waals surface area (Å²) in [5, 5.41) is 0. The van der Waals surface area contributed by atoms with Crippen molar-refractivity contribution in [3.63, 3.8) is 0 Å². The van der Waals surface area contributed by atoms with Crippen LogP contribution in [0.25, 0.3) is 0 Å². The second kappa shape index (κ2) is 5.02. The smallest absolute Gasteiger partial charge is 0.126 e. The highest BCUT2D eigenvalue weighted by Gasteiger charge is 2.29. The quantitative estimate of drug-likeness (QED) is 0.873. The zero-order chi connectivity index (χ0) is 12.5. The van der Waals surface area contributed by atoms with Gasteiger partial charge in [-0.15, -0.1) is 0 Å². The Bertz CT molecular complexity index is 412. The van der Waals surface area contributed by atoms with E-state index in [0.717, 1.165) is 19.5 Å². The molecule has 4 heteroatoms. The van der Waals surface area contributed by atoms with Gasteiger partial charge in [0, 0.05) is 12.6 Å². The monoisotopic (exact) mass is 248 g/mol. The van der Waals surface area contributed by atoms with Crippen molar-refractivity contribution >= 4 is 0 Å². The average Bonchev–Trinajstić information content (AvgIpc) is 2.84. The van der Waals surface area contributed by atoms with Crippen LogP contribution in [0.3, 0.4) is 0 Å². The van der Waals surface area contributed by atoms with Crippen molar-refractivity contribution < 1.29 is 0 Å². The predicted molar refractivity (Wildman–Crippen MR) is 72.2 cm³/mol. The van der Waals surface area contributed by atoms with Gasteiger partial charge in [0.15, 0.2) is 0 Å². The van der Waals surface area contributed by atoms with Gasteiger partial charge in [0.25, 0.3) is 0 Å². The largest absolute Gasteiger partial charge is 0.329 e. The summed E-state index contributed by atoms with van der Waals surface area (Å²) in [5.41, 5.74) is 7.43. The van der Waals surface area contributed by atoms with E-state index in [4.69, 9.17) is 10.7 Å². The Morgan fingerprint density at radius 3 is 3.00 bits per heavy atom. The first-order valence-electron chi connectivity index (χ1n) is 7.36. The Balaban J connectivity index is 1.91. The first kappa shape index (κ1) is 12.2. The number of piperidine rings is 1. The highest BCUT2D eigenvalue weighted by Crippen LogP contribution is 2.33. The van der Waals surface area contributed by atoms with E-state index in [-0.39, 0.29) is 6.04 Å². The van der Waals surface area contributed by atoms with Crippen LogP contribution < -0.4 is 5.73 Å². The molecule has 2 unspecified atom stereocenters. The zero-order valence-electron chi connectivity index (χ0n) is 11.3. The van der Waals surface area contributed by atoms with Gasteiger partial charge in [0.05, 0.1) is 17.9 Å². The van der Waals surface area contributed by atoms with Gasteiger partial charge in [-0.2, -0.15) is 0 Å². The van der Waals surface area contributed by atoms with Crippen molar-refractivity contribution in [1.82, 2.24) is 14.5 Å². The van der Waals surface area contributed by atoms with Crippen LogP contribution in [0.2, 0.25) is 0 Å². The molecule has 1 aromatic heterocycles. The van der Waals surface area contributed by atoms with Gasteiger partial charge >= 0.3 is 0 Å². The lowest BCUT2D eigenvalue weighted by Crippen LogP contribution is -2.35. The Morgan fingerprint density at radius 2 is 2.17 bits per heavy atom. The van der Waals surface area contributed by atoms with Gasteiger partial charge in [0.2, 0.25) is 0 Å². The van der Waals surface area contributed by atoms with Crippen molar-refractivity contribution in [2.45, 2.75) is 57.7 Å². The van der Waals surface area contributed by atoms with Crippen LogP contribution in [0.15, 0.2) is 6.20 Å². The van der Waals surface area contributed by atoms with E-state index in [9.17, 15) is 0 Å². The molecule has 0 bridgehead atoms. The summed E-state index contributed by atoms with van der Waals surface area (Å²) in [4.78, 5) is 7.28. The molecule has 0 aliphatic carbocycles. The van der Waals surface area contributed by atoms with Crippen molar-refractivity contribution in [2.24, 2.45) is 5.73 Å². The lowest BCUT2D eigenvalue weighted by atomic mass is 10.0. The van der Waals surface area contributed by atoms with Crippen molar-refractivity contribution in [1.29, 1.82) is 0 Å². The summed E-state index contributed by atoms with van der Waals surface area (Å²) < 4.78 is 2.40. The van der Waals surface area contributed by atoms with Gasteiger partial charge in [-0.05, 0) is 38.8 Å². The average molecular weight is 248 g/mol. The normalized spacial score (nSPS) is 29.2. The van der Waals surface area contributed by atoms with E-state index in [1.165, 1.54) is 43.7 Å². The molecule has 2 aliphatic heterocycles. The standard InChI is InChI=1S/C14H24N4/c1-2-17-8-4-3-7-12(17)14-16-10-13-11(15)6-5-9-18(13)14/h10-12H,2-9,15H2,1H3. The lowest BCUT2D eigenvalue weighted by molar-refractivity contribution is 0.145. The van der Waals surface area contributed by atoms with E-state index in [0.29, 0.717) is 6.04 Å². The molecule has 2 atom stereocenters. The van der Waals surface area contributed by atoms with Gasteiger partial charge < -0.3 is 10.3 Å². The summed E-state index contributed by atoms with van der Waals surface area (Å²) in [6.07, 6.45) is 8.22. The number of aromatic nitrogens is 2. The van der Waals surface area contributed by atoms with E-state index >= 15 is 0 Å². The molecule has 100 valence electrons. The molecule has 2 N–H and O–H groups in total. The Labute approximate surface area is 109 Å². The lowest BCUT2D eigenvalue weighted by Gasteiger charge is -2.35. The number of nitrogens with zero attached hydrogens (tertiary/aromatic N) is 3. The molecule has 0 saturated carbocycles. The second-order valence-corrected chi connectivity index (χ2v) is 5.58. The molecule has 4 nitrogen and oxygen atoms in total. The van der Waals surface area contributed by atoms with Crippen molar-refractivity contribution in [3.05, 3.63) is 17.7 Å². The maximum Gasteiger partial charge on any atom is 0.126 e. The molecular weight excluding hydrogens is 224 g/mol. The first-order valence-corrected chi connectivity index (χ1v) is 7.36. The summed E-state index contributed by atoms with van der Waals surface area (Å²) in [5.74, 6) is 1.27. The van der Waals surface area contributed by atoms with Crippen LogP contribution in [-0.4, -0.2) is 27.5 Å². The van der Waals surface area contributed by atoms with Crippen LogP contribution in [0.1, 0.15) is 62.6 Å². The molecule has 3 heterocycles. The van der Waals surface area contributed by atoms with Crippen LogP contribution in [0, 0.1) is 0 Å². The Kier molecular flexibility index (Phi) is 3.39. The maximum atomic E-state index is 6.18. The van der Waals surface area contributed by atoms with Crippen LogP contribution in [0.5, 0.6) is 0 Å². The molecule has 2 aliphatic rings. The SMILES string of the molecule is CCN1CCCCC1c1ncc2n1CCCC2N. The Hall–Kier alpha value is -0.870. The first-order chi connectivity index (χ1) is 8.81. The molecule has 1 aromatic rings. The summed E-state index contributed by atoms with van der Waals surface area (Å²) in [6, 6.07) is 0.710. The molecule has 0 aromatic carbocycles. The van der Waals surface area contributed by atoms with E-state index in [2.05, 4.69) is 16.4 Å². The van der Waals surface area contributed by atoms with Crippen LogP contribution in [0.4, 0.5) is 0 Å². The Morgan fingerprint density at radius 1 is 1.28 bits per heavy atom. The number of hydrogen-bond donors (Lipinski definition) is 1. The van der Waals surface area contributed by atoms with Gasteiger partial charge in [0.1, 0.15) is 5.82 Å². The minimum atomic E-state index is 0.193. The number of likely N-dealkylation sites (tertiary alicyclic amines) is 1. The van der Waals surface area contributed by atoms with E-state index in [1.54, 1.807) is 0 Å². The molecule has 18 heavy (non-hydrogen) atoms. The third-order valence-corrected chi connectivity index (χ3v) is 4.51. The number of rotatable bonds is 2. The number of hydrogen-bond acceptors (Lipinski definition) is 3. The highest BCUT2D eigenvalue weighted by atomic mass is 15.2. The van der Waals surface area contributed by atoms with Gasteiger partial charge in [-0.3, -0.25) is 4.90 Å². The maximum absolute atomic E-state index is 6.18. The van der Waals surface area contributed by atoms with Crippen molar-refractivity contribution in [3.8, 4) is 0 Å². The minimum absolute atomic E-state index is 0.193. The molecule has 1 saturated heterocycles. The summed E-state index contributed by atoms with van der Waals surface area (Å²) >= 11 is 0. The third-order valence-electron chi connectivity index (χ3n) is 4.51. The third kappa shape index (κ3) is 1.97. The molecular formula is C14H24N4. The van der Waals surface area contributed by atoms with E-state index < -0.39 is 0 Å². The number of nitrogens with two attached hydrogens (primary N) is 1. The zero-order valence-corrected chi connectivity index (χ0v) is 11.3. The fourth-order valence-electron chi connectivity index (χ4n) is 3.49.